The lowest BCUT2D eigenvalue weighted by Crippen LogP contribution is -2.45. The second-order valence-corrected chi connectivity index (χ2v) is 14.6. The number of nitrogens with one attached hydrogen (secondary N) is 1. The SMILES string of the molecule is CC/C=C\C/C=C\C/C=C\C/C=C\C/C=C\CCCCCCCCCC(=O)NC(COP(=O)(O)OCCN)C(O)/C=C/CCCCCCCCC. The Balaban J connectivity index is 4.18. The summed E-state index contributed by atoms with van der Waals surface area (Å²) in [5.41, 5.74) is 5.35. The molecular weight excluding hydrogens is 659 g/mol. The fourth-order valence-corrected chi connectivity index (χ4v) is 6.03. The number of hydrogen-bond acceptors (Lipinski definition) is 6. The second kappa shape index (κ2) is 37.7. The van der Waals surface area contributed by atoms with Crippen molar-refractivity contribution in [1.29, 1.82) is 0 Å². The Hall–Kier alpha value is -2.06. The first kappa shape index (κ1) is 48.9. The molecule has 0 rings (SSSR count). The average Bonchev–Trinajstić information content (AvgIpc) is 3.12. The van der Waals surface area contributed by atoms with E-state index in [-0.39, 0.29) is 25.7 Å². The maximum atomic E-state index is 12.7. The number of rotatable bonds is 36. The van der Waals surface area contributed by atoms with Gasteiger partial charge in [-0.1, -0.05) is 157 Å². The zero-order valence-electron chi connectivity index (χ0n) is 32.3. The van der Waals surface area contributed by atoms with E-state index in [1.165, 1.54) is 51.4 Å². The third-order valence-corrected chi connectivity index (χ3v) is 9.27. The van der Waals surface area contributed by atoms with Gasteiger partial charge < -0.3 is 21.1 Å². The van der Waals surface area contributed by atoms with Crippen molar-refractivity contribution in [2.24, 2.45) is 5.73 Å². The van der Waals surface area contributed by atoms with E-state index < -0.39 is 20.0 Å². The summed E-state index contributed by atoms with van der Waals surface area (Å²) in [6.07, 6.45) is 48.1. The van der Waals surface area contributed by atoms with Crippen LogP contribution in [0.4, 0.5) is 0 Å². The fourth-order valence-electron chi connectivity index (χ4n) is 5.27. The summed E-state index contributed by atoms with van der Waals surface area (Å²) in [6.45, 7) is 3.95. The molecule has 0 bridgehead atoms. The Morgan fingerprint density at radius 3 is 1.67 bits per heavy atom. The average molecular weight is 735 g/mol. The molecule has 51 heavy (non-hydrogen) atoms. The minimum absolute atomic E-state index is 0.0726. The summed E-state index contributed by atoms with van der Waals surface area (Å²) >= 11 is 0. The molecule has 0 aromatic rings. The van der Waals surface area contributed by atoms with E-state index in [1.54, 1.807) is 6.08 Å². The minimum atomic E-state index is -4.34. The van der Waals surface area contributed by atoms with Crippen molar-refractivity contribution < 1.29 is 28.4 Å². The first-order valence-corrected chi connectivity index (χ1v) is 21.6. The molecule has 0 radical (unpaired) electrons. The Bertz CT molecular complexity index is 1020. The normalized spacial score (nSPS) is 15.0. The molecule has 0 aliphatic heterocycles. The predicted molar refractivity (Wildman–Crippen MR) is 216 cm³/mol. The molecule has 3 unspecified atom stereocenters. The first-order chi connectivity index (χ1) is 24.9. The highest BCUT2D eigenvalue weighted by Crippen LogP contribution is 2.43. The van der Waals surface area contributed by atoms with Crippen LogP contribution in [-0.2, 0) is 18.4 Å². The molecule has 0 aromatic heterocycles. The van der Waals surface area contributed by atoms with Crippen molar-refractivity contribution in [3.63, 3.8) is 0 Å². The Morgan fingerprint density at radius 2 is 1.14 bits per heavy atom. The maximum absolute atomic E-state index is 12.7. The van der Waals surface area contributed by atoms with Gasteiger partial charge in [0.2, 0.25) is 5.91 Å². The van der Waals surface area contributed by atoms with Crippen molar-refractivity contribution in [3.8, 4) is 0 Å². The van der Waals surface area contributed by atoms with Gasteiger partial charge in [0.25, 0.3) is 0 Å². The van der Waals surface area contributed by atoms with Gasteiger partial charge in [0, 0.05) is 13.0 Å². The molecular formula is C42H75N2O6P. The van der Waals surface area contributed by atoms with Crippen LogP contribution in [-0.4, -0.2) is 47.8 Å². The van der Waals surface area contributed by atoms with Crippen LogP contribution in [0.3, 0.4) is 0 Å². The molecule has 5 N–H and O–H groups in total. The lowest BCUT2D eigenvalue weighted by Gasteiger charge is -2.23. The zero-order chi connectivity index (χ0) is 37.5. The van der Waals surface area contributed by atoms with Crippen LogP contribution in [0, 0.1) is 0 Å². The molecule has 0 saturated carbocycles. The molecule has 3 atom stereocenters. The van der Waals surface area contributed by atoms with Gasteiger partial charge >= 0.3 is 7.82 Å². The zero-order valence-corrected chi connectivity index (χ0v) is 33.2. The number of nitrogens with two attached hydrogens (primary N) is 1. The van der Waals surface area contributed by atoms with Gasteiger partial charge in [-0.3, -0.25) is 13.8 Å². The topological polar surface area (TPSA) is 131 Å². The van der Waals surface area contributed by atoms with Crippen molar-refractivity contribution in [3.05, 3.63) is 72.9 Å². The quantitative estimate of drug-likeness (QED) is 0.0286. The number of phosphoric ester groups is 1. The highest BCUT2D eigenvalue weighted by molar-refractivity contribution is 7.47. The number of carbonyl (C=O) groups is 1. The van der Waals surface area contributed by atoms with Crippen LogP contribution in [0.25, 0.3) is 0 Å². The molecule has 0 saturated heterocycles. The number of phosphoric acid groups is 1. The summed E-state index contributed by atoms with van der Waals surface area (Å²) in [5.74, 6) is -0.212. The molecule has 294 valence electrons. The largest absolute Gasteiger partial charge is 0.472 e. The number of unbranched alkanes of at least 4 members (excludes halogenated alkanes) is 14. The minimum Gasteiger partial charge on any atom is -0.387 e. The second-order valence-electron chi connectivity index (χ2n) is 13.1. The molecule has 0 aromatic carbocycles. The Labute approximate surface area is 312 Å². The Kier molecular flexibility index (Phi) is 36.2. The third-order valence-electron chi connectivity index (χ3n) is 8.29. The molecule has 0 fully saturated rings. The van der Waals surface area contributed by atoms with Crippen LogP contribution in [0.5, 0.6) is 0 Å². The van der Waals surface area contributed by atoms with Gasteiger partial charge in [0.1, 0.15) is 0 Å². The van der Waals surface area contributed by atoms with Crippen LogP contribution >= 0.6 is 7.82 Å². The number of carbonyl (C=O) groups excluding carboxylic acids is 1. The number of allylic oxidation sites excluding steroid dienone is 11. The number of hydrogen-bond donors (Lipinski definition) is 4. The van der Waals surface area contributed by atoms with E-state index >= 15 is 0 Å². The molecule has 0 spiro atoms. The van der Waals surface area contributed by atoms with Gasteiger partial charge in [0.15, 0.2) is 0 Å². The molecule has 8 nitrogen and oxygen atoms in total. The molecule has 9 heteroatoms. The van der Waals surface area contributed by atoms with E-state index in [2.05, 4.69) is 79.9 Å². The molecule has 0 aliphatic carbocycles. The van der Waals surface area contributed by atoms with Crippen LogP contribution in [0.1, 0.15) is 155 Å². The Morgan fingerprint density at radius 1 is 0.667 bits per heavy atom. The summed E-state index contributed by atoms with van der Waals surface area (Å²) in [7, 11) is -4.34. The fraction of sp³-hybridized carbons (Fsp3) is 0.690. The number of aliphatic hydroxyl groups excluding tert-OH is 1. The van der Waals surface area contributed by atoms with Gasteiger partial charge in [-0.2, -0.15) is 0 Å². The monoisotopic (exact) mass is 735 g/mol. The number of amides is 1. The molecule has 1 amide bonds. The highest BCUT2D eigenvalue weighted by atomic mass is 31.2. The van der Waals surface area contributed by atoms with Crippen molar-refractivity contribution in [1.82, 2.24) is 5.32 Å². The van der Waals surface area contributed by atoms with Crippen LogP contribution in [0.2, 0.25) is 0 Å². The van der Waals surface area contributed by atoms with E-state index in [1.807, 2.05) is 6.08 Å². The highest BCUT2D eigenvalue weighted by Gasteiger charge is 2.26. The van der Waals surface area contributed by atoms with Gasteiger partial charge in [-0.25, -0.2) is 4.57 Å². The van der Waals surface area contributed by atoms with Crippen LogP contribution in [0.15, 0.2) is 72.9 Å². The van der Waals surface area contributed by atoms with Crippen molar-refractivity contribution in [2.75, 3.05) is 19.8 Å². The summed E-state index contributed by atoms with van der Waals surface area (Å²) < 4.78 is 22.0. The predicted octanol–water partition coefficient (Wildman–Crippen LogP) is 10.9. The molecule has 0 aliphatic rings. The van der Waals surface area contributed by atoms with E-state index in [4.69, 9.17) is 14.8 Å². The van der Waals surface area contributed by atoms with E-state index in [0.29, 0.717) is 6.42 Å². The first-order valence-electron chi connectivity index (χ1n) is 20.1. The lowest BCUT2D eigenvalue weighted by atomic mass is 10.1. The summed E-state index contributed by atoms with van der Waals surface area (Å²) in [4.78, 5) is 22.6. The summed E-state index contributed by atoms with van der Waals surface area (Å²) in [5, 5.41) is 13.6. The standard InChI is InChI=1S/C42H75N2O6P/c1-3-5-7-9-11-13-14-15-16-17-18-19-20-21-22-23-24-25-26-28-30-32-34-36-42(46)44-40(39-50-51(47,48)49-38-37-43)41(45)35-33-31-29-27-12-10-8-6-4-2/h5,7,11,13,15-16,18-19,21-22,33,35,40-41,45H,3-4,6,8-10,12,14,17,20,23-32,34,36-39,43H2,1-2H3,(H,44,46)(H,47,48)/b7-5-,13-11-,16-15-,19-18-,22-21-,35-33+. The molecule has 0 heterocycles. The number of aliphatic hydroxyl groups is 1. The third kappa shape index (κ3) is 36.1. The van der Waals surface area contributed by atoms with Gasteiger partial charge in [-0.15, -0.1) is 0 Å². The van der Waals surface area contributed by atoms with Gasteiger partial charge in [0.05, 0.1) is 25.4 Å². The van der Waals surface area contributed by atoms with Crippen molar-refractivity contribution in [2.45, 2.75) is 167 Å². The summed E-state index contributed by atoms with van der Waals surface area (Å²) in [6, 6.07) is -0.868. The van der Waals surface area contributed by atoms with Crippen LogP contribution < -0.4 is 11.1 Å². The van der Waals surface area contributed by atoms with Gasteiger partial charge in [-0.05, 0) is 64.2 Å². The smallest absolute Gasteiger partial charge is 0.387 e. The van der Waals surface area contributed by atoms with E-state index in [0.717, 1.165) is 83.5 Å². The van der Waals surface area contributed by atoms with Crippen molar-refractivity contribution >= 4 is 13.7 Å². The lowest BCUT2D eigenvalue weighted by molar-refractivity contribution is -0.123. The van der Waals surface area contributed by atoms with E-state index in [9.17, 15) is 19.4 Å². The maximum Gasteiger partial charge on any atom is 0.472 e.